The number of nitrogens with two attached hydrogens (primary N) is 1. The van der Waals surface area contributed by atoms with Crippen molar-refractivity contribution in [2.45, 2.75) is 6.54 Å². The van der Waals surface area contributed by atoms with Gasteiger partial charge in [0.1, 0.15) is 17.5 Å². The average molecular weight is 276 g/mol. The highest BCUT2D eigenvalue weighted by Crippen LogP contribution is 2.22. The summed E-state index contributed by atoms with van der Waals surface area (Å²) in [6.07, 6.45) is 0. The van der Waals surface area contributed by atoms with Gasteiger partial charge in [0.2, 0.25) is 0 Å². The molecule has 6 nitrogen and oxygen atoms in total. The molecule has 0 aliphatic carbocycles. The third-order valence-corrected chi connectivity index (χ3v) is 2.75. The molecule has 0 unspecified atom stereocenters. The van der Waals surface area contributed by atoms with E-state index in [4.69, 9.17) is 5.73 Å². The lowest BCUT2D eigenvalue weighted by Gasteiger charge is -2.18. The van der Waals surface area contributed by atoms with Gasteiger partial charge in [-0.25, -0.2) is 9.37 Å². The quantitative estimate of drug-likeness (QED) is 0.684. The second-order valence-corrected chi connectivity index (χ2v) is 4.35. The molecular formula is C13H13FN4O2. The smallest absolute Gasteiger partial charge is 0.276 e. The summed E-state index contributed by atoms with van der Waals surface area (Å²) in [6.45, 7) is 0.438. The van der Waals surface area contributed by atoms with Gasteiger partial charge in [-0.2, -0.15) is 0 Å². The Kier molecular flexibility index (Phi) is 3.79. The van der Waals surface area contributed by atoms with E-state index >= 15 is 0 Å². The van der Waals surface area contributed by atoms with E-state index in [0.29, 0.717) is 12.4 Å². The van der Waals surface area contributed by atoms with Crippen LogP contribution in [0.15, 0.2) is 36.4 Å². The van der Waals surface area contributed by atoms with E-state index < -0.39 is 4.92 Å². The molecule has 0 atom stereocenters. The first kappa shape index (κ1) is 13.7. The fraction of sp³-hybridized carbons (Fsp3) is 0.154. The minimum atomic E-state index is -0.521. The first-order valence-electron chi connectivity index (χ1n) is 5.83. The summed E-state index contributed by atoms with van der Waals surface area (Å²) in [7, 11) is 1.73. The molecule has 0 saturated heterocycles. The summed E-state index contributed by atoms with van der Waals surface area (Å²) in [5, 5.41) is 10.8. The highest BCUT2D eigenvalue weighted by Gasteiger charge is 2.12. The van der Waals surface area contributed by atoms with Gasteiger partial charge in [-0.15, -0.1) is 0 Å². The molecule has 0 fully saturated rings. The van der Waals surface area contributed by atoms with Gasteiger partial charge in [0.25, 0.3) is 5.69 Å². The summed E-state index contributed by atoms with van der Waals surface area (Å²) < 4.78 is 12.8. The van der Waals surface area contributed by atoms with E-state index in [1.165, 1.54) is 24.3 Å². The van der Waals surface area contributed by atoms with Crippen LogP contribution in [0.4, 0.5) is 21.7 Å². The van der Waals surface area contributed by atoms with E-state index in [-0.39, 0.29) is 17.3 Å². The second-order valence-electron chi connectivity index (χ2n) is 4.35. The molecule has 2 rings (SSSR count). The van der Waals surface area contributed by atoms with Gasteiger partial charge in [-0.3, -0.25) is 10.1 Å². The molecule has 2 N–H and O–H groups in total. The zero-order valence-corrected chi connectivity index (χ0v) is 10.8. The number of nitrogen functional groups attached to an aromatic ring is 1. The Balaban J connectivity index is 2.22. The molecule has 104 valence electrons. The summed E-state index contributed by atoms with van der Waals surface area (Å²) in [4.78, 5) is 16.0. The van der Waals surface area contributed by atoms with E-state index in [1.807, 2.05) is 0 Å². The fourth-order valence-corrected chi connectivity index (χ4v) is 1.77. The van der Waals surface area contributed by atoms with E-state index in [0.717, 1.165) is 5.56 Å². The van der Waals surface area contributed by atoms with Crippen LogP contribution in [-0.2, 0) is 6.54 Å². The monoisotopic (exact) mass is 276 g/mol. The van der Waals surface area contributed by atoms with E-state index in [9.17, 15) is 14.5 Å². The molecule has 7 heteroatoms. The lowest BCUT2D eigenvalue weighted by molar-refractivity contribution is -0.384. The largest absolute Gasteiger partial charge is 0.383 e. The van der Waals surface area contributed by atoms with Gasteiger partial charge >= 0.3 is 0 Å². The number of rotatable bonds is 4. The van der Waals surface area contributed by atoms with Crippen molar-refractivity contribution in [3.05, 3.63) is 57.9 Å². The number of hydrogen-bond acceptors (Lipinski definition) is 5. The van der Waals surface area contributed by atoms with Gasteiger partial charge in [0.05, 0.1) is 17.1 Å². The van der Waals surface area contributed by atoms with Crippen molar-refractivity contribution >= 4 is 17.3 Å². The molecule has 0 saturated carbocycles. The molecule has 1 aromatic carbocycles. The molecular weight excluding hydrogens is 263 g/mol. The number of aromatic nitrogens is 1. The molecule has 0 spiro atoms. The maximum absolute atomic E-state index is 12.8. The summed E-state index contributed by atoms with van der Waals surface area (Å²) in [5.74, 6) is 0.162. The van der Waals surface area contributed by atoms with E-state index in [2.05, 4.69) is 4.98 Å². The second kappa shape index (κ2) is 5.52. The molecule has 2 aromatic rings. The molecule has 0 amide bonds. The Morgan fingerprint density at radius 2 is 2.00 bits per heavy atom. The Bertz CT molecular complexity index is 631. The van der Waals surface area contributed by atoms with Crippen LogP contribution < -0.4 is 10.6 Å². The van der Waals surface area contributed by atoms with Crippen LogP contribution in [-0.4, -0.2) is 17.0 Å². The van der Waals surface area contributed by atoms with Crippen molar-refractivity contribution in [2.24, 2.45) is 0 Å². The Morgan fingerprint density at radius 1 is 1.35 bits per heavy atom. The molecule has 0 bridgehead atoms. The predicted molar refractivity (Wildman–Crippen MR) is 73.8 cm³/mol. The van der Waals surface area contributed by atoms with Crippen molar-refractivity contribution in [3.63, 3.8) is 0 Å². The number of nitrogens with zero attached hydrogens (tertiary/aromatic N) is 3. The molecule has 20 heavy (non-hydrogen) atoms. The fourth-order valence-electron chi connectivity index (χ4n) is 1.77. The number of hydrogen-bond donors (Lipinski definition) is 1. The molecule has 1 aromatic heterocycles. The SMILES string of the molecule is CN(Cc1ccc(F)cc1)c1cc([N+](=O)[O-])cc(N)n1. The third-order valence-electron chi connectivity index (χ3n) is 2.75. The van der Waals surface area contributed by atoms with Crippen LogP contribution in [0, 0.1) is 15.9 Å². The first-order chi connectivity index (χ1) is 9.45. The van der Waals surface area contributed by atoms with Crippen LogP contribution in [0.5, 0.6) is 0 Å². The number of pyridine rings is 1. The van der Waals surface area contributed by atoms with Gasteiger partial charge in [-0.05, 0) is 17.7 Å². The van der Waals surface area contributed by atoms with Crippen LogP contribution >= 0.6 is 0 Å². The number of anilines is 2. The van der Waals surface area contributed by atoms with Gasteiger partial charge in [-0.1, -0.05) is 12.1 Å². The molecule has 0 radical (unpaired) electrons. The van der Waals surface area contributed by atoms with Crippen LogP contribution in [0.1, 0.15) is 5.56 Å². The van der Waals surface area contributed by atoms with Gasteiger partial charge in [0, 0.05) is 13.6 Å². The zero-order valence-electron chi connectivity index (χ0n) is 10.8. The molecule has 0 aliphatic heterocycles. The van der Waals surface area contributed by atoms with Gasteiger partial charge < -0.3 is 10.6 Å². The maximum atomic E-state index is 12.8. The van der Waals surface area contributed by atoms with Crippen LogP contribution in [0.3, 0.4) is 0 Å². The number of nitro groups is 1. The van der Waals surface area contributed by atoms with Crippen LogP contribution in [0.25, 0.3) is 0 Å². The summed E-state index contributed by atoms with van der Waals surface area (Å²) in [5.41, 5.74) is 6.31. The lowest BCUT2D eigenvalue weighted by atomic mass is 10.2. The Morgan fingerprint density at radius 3 is 2.60 bits per heavy atom. The first-order valence-corrected chi connectivity index (χ1v) is 5.83. The predicted octanol–water partition coefficient (Wildman–Crippen LogP) is 2.35. The maximum Gasteiger partial charge on any atom is 0.276 e. The van der Waals surface area contributed by atoms with Crippen molar-refractivity contribution in [1.29, 1.82) is 0 Å². The lowest BCUT2D eigenvalue weighted by Crippen LogP contribution is -2.18. The minimum absolute atomic E-state index is 0.0835. The van der Waals surface area contributed by atoms with Crippen molar-refractivity contribution in [3.8, 4) is 0 Å². The third kappa shape index (κ3) is 3.19. The number of halogens is 1. The average Bonchev–Trinajstić information content (AvgIpc) is 2.40. The van der Waals surface area contributed by atoms with E-state index in [1.54, 1.807) is 24.1 Å². The molecule has 0 aliphatic rings. The Hall–Kier alpha value is -2.70. The standard InChI is InChI=1S/C13H13FN4O2/c1-17(8-9-2-4-10(14)5-3-9)13-7-11(18(19)20)6-12(15)16-13/h2-7H,8H2,1H3,(H2,15,16). The van der Waals surface area contributed by atoms with Crippen LogP contribution in [0.2, 0.25) is 0 Å². The van der Waals surface area contributed by atoms with Crippen molar-refractivity contribution < 1.29 is 9.31 Å². The minimum Gasteiger partial charge on any atom is -0.383 e. The summed E-state index contributed by atoms with van der Waals surface area (Å²) >= 11 is 0. The van der Waals surface area contributed by atoms with Crippen molar-refractivity contribution in [1.82, 2.24) is 4.98 Å². The summed E-state index contributed by atoms with van der Waals surface area (Å²) in [6, 6.07) is 8.56. The highest BCUT2D eigenvalue weighted by atomic mass is 19.1. The zero-order chi connectivity index (χ0) is 14.7. The van der Waals surface area contributed by atoms with Crippen molar-refractivity contribution in [2.75, 3.05) is 17.7 Å². The normalized spacial score (nSPS) is 10.3. The number of benzene rings is 1. The van der Waals surface area contributed by atoms with Gasteiger partial charge in [0.15, 0.2) is 0 Å². The highest BCUT2D eigenvalue weighted by molar-refractivity contribution is 5.54. The topological polar surface area (TPSA) is 85.3 Å². The molecule has 1 heterocycles. The Labute approximate surface area is 114 Å².